The van der Waals surface area contributed by atoms with Crippen LogP contribution < -0.4 is 9.62 Å². The maximum Gasteiger partial charge on any atom is 0.264 e. The Kier molecular flexibility index (Phi) is 10.2. The van der Waals surface area contributed by atoms with Crippen molar-refractivity contribution in [1.29, 1.82) is 0 Å². The van der Waals surface area contributed by atoms with Gasteiger partial charge in [-0.05, 0) is 56.2 Å². The Morgan fingerprint density at radius 2 is 1.61 bits per heavy atom. The van der Waals surface area contributed by atoms with Gasteiger partial charge in [0.25, 0.3) is 10.0 Å². The van der Waals surface area contributed by atoms with Crippen LogP contribution in [0.1, 0.15) is 31.4 Å². The summed E-state index contributed by atoms with van der Waals surface area (Å²) in [5.74, 6) is -0.877. The van der Waals surface area contributed by atoms with E-state index < -0.39 is 28.5 Å². The lowest BCUT2D eigenvalue weighted by molar-refractivity contribution is -0.139. The van der Waals surface area contributed by atoms with E-state index in [0.29, 0.717) is 6.54 Å². The Balaban J connectivity index is 2.04. The van der Waals surface area contributed by atoms with E-state index in [1.54, 1.807) is 25.1 Å². The number of rotatable bonds is 11. The summed E-state index contributed by atoms with van der Waals surface area (Å²) < 4.78 is 28.5. The quantitative estimate of drug-likeness (QED) is 0.330. The molecule has 0 aliphatic carbocycles. The fourth-order valence-corrected chi connectivity index (χ4v) is 5.85. The number of amides is 2. The van der Waals surface area contributed by atoms with Crippen LogP contribution in [-0.4, -0.2) is 44.3 Å². The molecule has 0 bridgehead atoms. The second-order valence-corrected chi connectivity index (χ2v) is 11.7. The van der Waals surface area contributed by atoms with E-state index in [-0.39, 0.29) is 33.1 Å². The van der Waals surface area contributed by atoms with Crippen molar-refractivity contribution < 1.29 is 18.0 Å². The van der Waals surface area contributed by atoms with Gasteiger partial charge in [-0.3, -0.25) is 13.9 Å². The topological polar surface area (TPSA) is 86.8 Å². The Labute approximate surface area is 234 Å². The molecule has 0 aromatic heterocycles. The maximum atomic E-state index is 13.9. The number of nitrogens with one attached hydrogen (secondary N) is 1. The van der Waals surface area contributed by atoms with Gasteiger partial charge in [-0.1, -0.05) is 78.2 Å². The number of carbonyl (C=O) groups excluding carboxylic acids is 2. The molecule has 38 heavy (non-hydrogen) atoms. The van der Waals surface area contributed by atoms with Crippen molar-refractivity contribution in [2.24, 2.45) is 0 Å². The van der Waals surface area contributed by atoms with Crippen molar-refractivity contribution >= 4 is 50.7 Å². The Morgan fingerprint density at radius 3 is 2.21 bits per heavy atom. The number of sulfonamides is 1. The van der Waals surface area contributed by atoms with Gasteiger partial charge in [0.05, 0.1) is 10.6 Å². The summed E-state index contributed by atoms with van der Waals surface area (Å²) >= 11 is 12.4. The van der Waals surface area contributed by atoms with Gasteiger partial charge in [0, 0.05) is 23.1 Å². The molecule has 3 rings (SSSR count). The molecule has 0 spiro atoms. The van der Waals surface area contributed by atoms with Gasteiger partial charge in [0.15, 0.2) is 0 Å². The largest absolute Gasteiger partial charge is 0.354 e. The van der Waals surface area contributed by atoms with Crippen LogP contribution >= 0.6 is 23.2 Å². The lowest BCUT2D eigenvalue weighted by atomic mass is 10.1. The Morgan fingerprint density at radius 1 is 0.947 bits per heavy atom. The normalized spacial score (nSPS) is 12.0. The molecule has 10 heteroatoms. The highest BCUT2D eigenvalue weighted by Crippen LogP contribution is 2.30. The minimum absolute atomic E-state index is 0.00266. The molecule has 7 nitrogen and oxygen atoms in total. The standard InChI is InChI=1S/C28H31Cl2N3O4S/c1-4-13-31-28(35)21(3)32(18-22-10-8-9-20(2)14-22)27(34)19-33(25-16-23(29)15-24(30)17-25)38(36,37)26-11-6-5-7-12-26/h5-12,14-17,21H,4,13,18-19H2,1-3H3,(H,31,35)/t21-/m1/s1. The zero-order valence-electron chi connectivity index (χ0n) is 21.5. The van der Waals surface area contributed by atoms with Crippen LogP contribution in [0.15, 0.2) is 77.7 Å². The SMILES string of the molecule is CCCNC(=O)[C@@H](C)N(Cc1cccc(C)c1)C(=O)CN(c1cc(Cl)cc(Cl)c1)S(=O)(=O)c1ccccc1. The predicted molar refractivity (Wildman–Crippen MR) is 152 cm³/mol. The Bertz CT molecular complexity index is 1360. The molecule has 1 N–H and O–H groups in total. The second kappa shape index (κ2) is 13.1. The first-order chi connectivity index (χ1) is 18.0. The number of anilines is 1. The number of hydrogen-bond donors (Lipinski definition) is 1. The van der Waals surface area contributed by atoms with Crippen LogP contribution in [0.2, 0.25) is 10.0 Å². The van der Waals surface area contributed by atoms with Crippen molar-refractivity contribution in [2.45, 2.75) is 44.7 Å². The summed E-state index contributed by atoms with van der Waals surface area (Å²) in [6, 6.07) is 18.9. The van der Waals surface area contributed by atoms with Crippen molar-refractivity contribution in [3.63, 3.8) is 0 Å². The molecule has 0 heterocycles. The number of aryl methyl sites for hydroxylation is 1. The van der Waals surface area contributed by atoms with Crippen LogP contribution in [-0.2, 0) is 26.2 Å². The number of carbonyl (C=O) groups is 2. The first-order valence-electron chi connectivity index (χ1n) is 12.2. The van der Waals surface area contributed by atoms with Gasteiger partial charge in [0.1, 0.15) is 12.6 Å². The zero-order valence-corrected chi connectivity index (χ0v) is 23.9. The van der Waals surface area contributed by atoms with E-state index in [2.05, 4.69) is 5.32 Å². The molecule has 3 aromatic rings. The van der Waals surface area contributed by atoms with Crippen LogP contribution in [0.3, 0.4) is 0 Å². The van der Waals surface area contributed by atoms with Crippen molar-refractivity contribution in [3.8, 4) is 0 Å². The third kappa shape index (κ3) is 7.49. The Hall–Kier alpha value is -3.07. The fourth-order valence-electron chi connectivity index (χ4n) is 3.92. The molecule has 0 fully saturated rings. The lowest BCUT2D eigenvalue weighted by Gasteiger charge is -2.32. The smallest absolute Gasteiger partial charge is 0.264 e. The molecule has 202 valence electrons. The summed E-state index contributed by atoms with van der Waals surface area (Å²) in [5, 5.41) is 3.26. The molecular weight excluding hydrogens is 545 g/mol. The van der Waals surface area contributed by atoms with Gasteiger partial charge < -0.3 is 10.2 Å². The van der Waals surface area contributed by atoms with Gasteiger partial charge in [-0.2, -0.15) is 0 Å². The van der Waals surface area contributed by atoms with Gasteiger partial charge in [-0.15, -0.1) is 0 Å². The highest BCUT2D eigenvalue weighted by molar-refractivity contribution is 7.92. The molecule has 0 aliphatic rings. The number of halogens is 2. The van der Waals surface area contributed by atoms with E-state index in [1.807, 2.05) is 38.1 Å². The maximum absolute atomic E-state index is 13.9. The molecule has 3 aromatic carbocycles. The molecule has 0 aliphatic heterocycles. The molecule has 1 atom stereocenters. The second-order valence-electron chi connectivity index (χ2n) is 8.93. The molecule has 0 saturated heterocycles. The van der Waals surface area contributed by atoms with Crippen LogP contribution in [0.4, 0.5) is 5.69 Å². The summed E-state index contributed by atoms with van der Waals surface area (Å²) in [4.78, 5) is 28.1. The lowest BCUT2D eigenvalue weighted by Crippen LogP contribution is -2.51. The van der Waals surface area contributed by atoms with E-state index in [4.69, 9.17) is 23.2 Å². The van der Waals surface area contributed by atoms with Crippen molar-refractivity contribution in [3.05, 3.63) is 94.0 Å². The fraction of sp³-hybridized carbons (Fsp3) is 0.286. The first-order valence-corrected chi connectivity index (χ1v) is 14.4. The third-order valence-electron chi connectivity index (χ3n) is 5.90. The number of hydrogen-bond acceptors (Lipinski definition) is 4. The van der Waals surface area contributed by atoms with Gasteiger partial charge >= 0.3 is 0 Å². The highest BCUT2D eigenvalue weighted by Gasteiger charge is 2.32. The van der Waals surface area contributed by atoms with E-state index in [0.717, 1.165) is 21.9 Å². The zero-order chi connectivity index (χ0) is 27.9. The van der Waals surface area contributed by atoms with Crippen LogP contribution in [0.25, 0.3) is 0 Å². The highest BCUT2D eigenvalue weighted by atomic mass is 35.5. The summed E-state index contributed by atoms with van der Waals surface area (Å²) in [6.07, 6.45) is 0.739. The summed E-state index contributed by atoms with van der Waals surface area (Å²) in [7, 11) is -4.19. The predicted octanol–water partition coefficient (Wildman–Crippen LogP) is 5.44. The minimum Gasteiger partial charge on any atom is -0.354 e. The molecule has 2 amide bonds. The van der Waals surface area contributed by atoms with Crippen molar-refractivity contribution in [1.82, 2.24) is 10.2 Å². The number of nitrogens with zero attached hydrogens (tertiary/aromatic N) is 2. The summed E-state index contributed by atoms with van der Waals surface area (Å²) in [6.45, 7) is 5.52. The molecular formula is C28H31Cl2N3O4S. The average molecular weight is 577 g/mol. The van der Waals surface area contributed by atoms with Gasteiger partial charge in [0.2, 0.25) is 11.8 Å². The molecule has 0 saturated carbocycles. The van der Waals surface area contributed by atoms with E-state index in [9.17, 15) is 18.0 Å². The van der Waals surface area contributed by atoms with E-state index in [1.165, 1.54) is 35.2 Å². The molecule has 0 unspecified atom stereocenters. The van der Waals surface area contributed by atoms with Gasteiger partial charge in [-0.25, -0.2) is 8.42 Å². The molecule has 0 radical (unpaired) electrons. The number of benzene rings is 3. The van der Waals surface area contributed by atoms with Crippen LogP contribution in [0.5, 0.6) is 0 Å². The average Bonchev–Trinajstić information content (AvgIpc) is 2.88. The summed E-state index contributed by atoms with van der Waals surface area (Å²) in [5.41, 5.74) is 1.95. The monoisotopic (exact) mass is 575 g/mol. The van der Waals surface area contributed by atoms with Crippen molar-refractivity contribution in [2.75, 3.05) is 17.4 Å². The van der Waals surface area contributed by atoms with E-state index >= 15 is 0 Å². The first kappa shape index (κ1) is 29.5. The van der Waals surface area contributed by atoms with Crippen LogP contribution in [0, 0.1) is 6.92 Å². The third-order valence-corrected chi connectivity index (χ3v) is 8.12. The minimum atomic E-state index is -4.19.